The zero-order chi connectivity index (χ0) is 12.0. The van der Waals surface area contributed by atoms with Crippen molar-refractivity contribution in [2.75, 3.05) is 0 Å². The molecule has 0 aromatic heterocycles. The van der Waals surface area contributed by atoms with Gasteiger partial charge in [-0.25, -0.2) is 0 Å². The van der Waals surface area contributed by atoms with Crippen molar-refractivity contribution >= 4 is 0 Å². The van der Waals surface area contributed by atoms with Gasteiger partial charge in [-0.2, -0.15) is 5.26 Å². The van der Waals surface area contributed by atoms with Gasteiger partial charge in [0.05, 0.1) is 6.07 Å². The van der Waals surface area contributed by atoms with E-state index >= 15 is 0 Å². The lowest BCUT2D eigenvalue weighted by molar-refractivity contribution is -0.0517. The van der Waals surface area contributed by atoms with Crippen LogP contribution in [0.15, 0.2) is 11.1 Å². The van der Waals surface area contributed by atoms with E-state index in [2.05, 4.69) is 19.9 Å². The fourth-order valence-electron chi connectivity index (χ4n) is 5.21. The number of hydrogen-bond acceptors (Lipinski definition) is 1. The van der Waals surface area contributed by atoms with Crippen LogP contribution in [-0.4, -0.2) is 0 Å². The largest absolute Gasteiger partial charge is 0.193 e. The number of nitriles is 1. The van der Waals surface area contributed by atoms with Gasteiger partial charge in [0.2, 0.25) is 0 Å². The van der Waals surface area contributed by atoms with Gasteiger partial charge >= 0.3 is 0 Å². The SMILES string of the molecule is CC(C)=C(C#N)CC12CC3CC(CC(C3)C1)C2. The van der Waals surface area contributed by atoms with Crippen molar-refractivity contribution in [1.82, 2.24) is 0 Å². The molecule has 0 spiro atoms. The second-order valence-electron chi connectivity index (χ2n) is 7.18. The highest BCUT2D eigenvalue weighted by atomic mass is 14.6. The maximum Gasteiger partial charge on any atom is 0.0946 e. The number of nitrogens with zero attached hydrogens (tertiary/aromatic N) is 1. The summed E-state index contributed by atoms with van der Waals surface area (Å²) < 4.78 is 0. The third-order valence-electron chi connectivity index (χ3n) is 5.46. The van der Waals surface area contributed by atoms with Crippen molar-refractivity contribution < 1.29 is 0 Å². The molecule has 1 heteroatoms. The summed E-state index contributed by atoms with van der Waals surface area (Å²) >= 11 is 0. The molecule has 0 amide bonds. The molecule has 0 heterocycles. The van der Waals surface area contributed by atoms with Crippen LogP contribution in [0.3, 0.4) is 0 Å². The van der Waals surface area contributed by atoms with E-state index in [0.29, 0.717) is 5.41 Å². The summed E-state index contributed by atoms with van der Waals surface area (Å²) in [5.74, 6) is 3.00. The smallest absolute Gasteiger partial charge is 0.0946 e. The molecule has 4 aliphatic carbocycles. The third-order valence-corrected chi connectivity index (χ3v) is 5.46. The molecule has 0 atom stereocenters. The Morgan fingerprint density at radius 2 is 1.53 bits per heavy atom. The van der Waals surface area contributed by atoms with Crippen LogP contribution in [0.25, 0.3) is 0 Å². The van der Waals surface area contributed by atoms with Crippen molar-refractivity contribution in [2.45, 2.75) is 58.8 Å². The predicted molar refractivity (Wildman–Crippen MR) is 69.2 cm³/mol. The molecule has 4 saturated carbocycles. The van der Waals surface area contributed by atoms with Crippen molar-refractivity contribution in [1.29, 1.82) is 5.26 Å². The van der Waals surface area contributed by atoms with Crippen LogP contribution in [0.1, 0.15) is 58.8 Å². The highest BCUT2D eigenvalue weighted by Crippen LogP contribution is 2.62. The van der Waals surface area contributed by atoms with Gasteiger partial charge in [-0.05, 0) is 82.0 Å². The van der Waals surface area contributed by atoms with Crippen LogP contribution in [0.2, 0.25) is 0 Å². The number of hydrogen-bond donors (Lipinski definition) is 0. The van der Waals surface area contributed by atoms with Crippen LogP contribution in [-0.2, 0) is 0 Å². The Morgan fingerprint density at radius 1 is 1.06 bits per heavy atom. The summed E-state index contributed by atoms with van der Waals surface area (Å²) in [7, 11) is 0. The normalized spacial score (nSPS) is 42.3. The second-order valence-corrected chi connectivity index (χ2v) is 7.18. The Morgan fingerprint density at radius 3 is 1.88 bits per heavy atom. The average Bonchev–Trinajstić information content (AvgIpc) is 2.23. The van der Waals surface area contributed by atoms with Crippen molar-refractivity contribution in [3.63, 3.8) is 0 Å². The van der Waals surface area contributed by atoms with Crippen LogP contribution < -0.4 is 0 Å². The first-order valence-corrected chi connectivity index (χ1v) is 7.17. The zero-order valence-electron chi connectivity index (χ0n) is 11.1. The summed E-state index contributed by atoms with van der Waals surface area (Å²) in [5.41, 5.74) is 2.84. The lowest BCUT2D eigenvalue weighted by atomic mass is 9.48. The van der Waals surface area contributed by atoms with Gasteiger partial charge in [0.15, 0.2) is 0 Å². The molecule has 0 aromatic carbocycles. The fraction of sp³-hybridized carbons (Fsp3) is 0.812. The molecule has 0 saturated heterocycles. The van der Waals surface area contributed by atoms with Crippen LogP contribution >= 0.6 is 0 Å². The van der Waals surface area contributed by atoms with Crippen molar-refractivity contribution in [2.24, 2.45) is 23.2 Å². The van der Waals surface area contributed by atoms with Crippen LogP contribution in [0.4, 0.5) is 0 Å². The quantitative estimate of drug-likeness (QED) is 0.642. The molecule has 1 nitrogen and oxygen atoms in total. The van der Waals surface area contributed by atoms with Gasteiger partial charge in [0.1, 0.15) is 0 Å². The molecule has 0 aliphatic heterocycles. The van der Waals surface area contributed by atoms with E-state index < -0.39 is 0 Å². The first-order valence-electron chi connectivity index (χ1n) is 7.17. The standard InChI is InChI=1S/C16H23N/c1-11(2)15(10-17)9-16-6-12-3-13(7-16)5-14(4-12)8-16/h12-14H,3-9H2,1-2H3. The van der Waals surface area contributed by atoms with Crippen molar-refractivity contribution in [3.8, 4) is 6.07 Å². The van der Waals surface area contributed by atoms with Gasteiger partial charge in [-0.15, -0.1) is 0 Å². The molecular formula is C16H23N. The monoisotopic (exact) mass is 229 g/mol. The first-order chi connectivity index (χ1) is 8.10. The van der Waals surface area contributed by atoms with E-state index in [0.717, 1.165) is 29.7 Å². The first kappa shape index (κ1) is 11.3. The molecule has 4 rings (SSSR count). The summed E-state index contributed by atoms with van der Waals surface area (Å²) in [5, 5.41) is 9.29. The Bertz CT molecular complexity index is 357. The molecular weight excluding hydrogens is 206 g/mol. The van der Waals surface area contributed by atoms with Gasteiger partial charge in [-0.3, -0.25) is 0 Å². The zero-order valence-corrected chi connectivity index (χ0v) is 11.1. The Hall–Kier alpha value is -0.770. The summed E-state index contributed by atoms with van der Waals surface area (Å²) in [4.78, 5) is 0. The maximum atomic E-state index is 9.29. The van der Waals surface area contributed by atoms with E-state index in [1.165, 1.54) is 44.1 Å². The third kappa shape index (κ3) is 1.92. The van der Waals surface area contributed by atoms with Gasteiger partial charge in [-0.1, -0.05) is 5.57 Å². The van der Waals surface area contributed by atoms with Crippen molar-refractivity contribution in [3.05, 3.63) is 11.1 Å². The Balaban J connectivity index is 1.83. The van der Waals surface area contributed by atoms with Gasteiger partial charge in [0, 0.05) is 5.57 Å². The minimum Gasteiger partial charge on any atom is -0.193 e. The molecule has 92 valence electrons. The summed E-state index contributed by atoms with van der Waals surface area (Å²) in [6.07, 6.45) is 9.81. The molecule has 0 radical (unpaired) electrons. The summed E-state index contributed by atoms with van der Waals surface area (Å²) in [6, 6.07) is 2.46. The number of allylic oxidation sites excluding steroid dienone is 2. The topological polar surface area (TPSA) is 23.8 Å². The summed E-state index contributed by atoms with van der Waals surface area (Å²) in [6.45, 7) is 4.19. The van der Waals surface area contributed by atoms with Gasteiger partial charge < -0.3 is 0 Å². The second kappa shape index (κ2) is 3.87. The van der Waals surface area contributed by atoms with Gasteiger partial charge in [0.25, 0.3) is 0 Å². The molecule has 0 N–H and O–H groups in total. The van der Waals surface area contributed by atoms with E-state index in [4.69, 9.17) is 0 Å². The molecule has 0 unspecified atom stereocenters. The van der Waals surface area contributed by atoms with E-state index in [-0.39, 0.29) is 0 Å². The van der Waals surface area contributed by atoms with Crippen LogP contribution in [0, 0.1) is 34.5 Å². The number of rotatable bonds is 2. The Kier molecular flexibility index (Phi) is 2.58. The predicted octanol–water partition coefficient (Wildman–Crippen LogP) is 4.45. The molecule has 4 aliphatic rings. The lowest BCUT2D eigenvalue weighted by Gasteiger charge is -2.57. The highest BCUT2D eigenvalue weighted by molar-refractivity contribution is 5.27. The lowest BCUT2D eigenvalue weighted by Crippen LogP contribution is -2.46. The molecule has 4 fully saturated rings. The Labute approximate surface area is 105 Å². The van der Waals surface area contributed by atoms with E-state index in [1.807, 2.05) is 0 Å². The fourth-order valence-corrected chi connectivity index (χ4v) is 5.21. The van der Waals surface area contributed by atoms with Crippen LogP contribution in [0.5, 0.6) is 0 Å². The maximum absolute atomic E-state index is 9.29. The molecule has 4 bridgehead atoms. The minimum absolute atomic E-state index is 0.525. The van der Waals surface area contributed by atoms with E-state index in [1.54, 1.807) is 0 Å². The average molecular weight is 229 g/mol. The van der Waals surface area contributed by atoms with E-state index in [9.17, 15) is 5.26 Å². The highest BCUT2D eigenvalue weighted by Gasteiger charge is 2.50. The minimum atomic E-state index is 0.525. The molecule has 17 heavy (non-hydrogen) atoms. The molecule has 0 aromatic rings.